The smallest absolute Gasteiger partial charge is 0.293 e. The molecule has 35 heavy (non-hydrogen) atoms. The van der Waals surface area contributed by atoms with Crippen LogP contribution in [0.25, 0.3) is 6.08 Å². The SMILES string of the molecule is COc1cc(/C=C2\SC(=O)N(Cc3ccccc3F)C2=O)cc(Br)c1OCc1ccc(Cl)cc1Cl. The topological polar surface area (TPSA) is 55.8 Å². The molecule has 10 heteroatoms. The van der Waals surface area contributed by atoms with Crippen LogP contribution in [0.5, 0.6) is 11.5 Å². The van der Waals surface area contributed by atoms with Crippen LogP contribution in [0.3, 0.4) is 0 Å². The molecule has 1 saturated heterocycles. The van der Waals surface area contributed by atoms with E-state index in [2.05, 4.69) is 15.9 Å². The summed E-state index contributed by atoms with van der Waals surface area (Å²) in [6.07, 6.45) is 1.58. The van der Waals surface area contributed by atoms with Crippen LogP contribution in [-0.4, -0.2) is 23.2 Å². The average molecular weight is 597 g/mol. The molecule has 0 atom stereocenters. The minimum atomic E-state index is -0.490. The minimum absolute atomic E-state index is 0.137. The van der Waals surface area contributed by atoms with E-state index in [1.54, 1.807) is 54.6 Å². The van der Waals surface area contributed by atoms with Crippen LogP contribution < -0.4 is 9.47 Å². The summed E-state index contributed by atoms with van der Waals surface area (Å²) in [5, 5.41) is 0.547. The van der Waals surface area contributed by atoms with Gasteiger partial charge in [0.05, 0.1) is 23.0 Å². The molecule has 3 aromatic carbocycles. The van der Waals surface area contributed by atoms with Crippen LogP contribution in [0, 0.1) is 5.82 Å². The van der Waals surface area contributed by atoms with E-state index in [9.17, 15) is 14.0 Å². The van der Waals surface area contributed by atoms with Gasteiger partial charge in [0.1, 0.15) is 12.4 Å². The summed E-state index contributed by atoms with van der Waals surface area (Å²) < 4.78 is 26.0. The first-order valence-corrected chi connectivity index (χ1v) is 12.6. The fraction of sp³-hybridized carbons (Fsp3) is 0.120. The zero-order chi connectivity index (χ0) is 25.1. The van der Waals surface area contributed by atoms with Gasteiger partial charge in [0, 0.05) is 21.2 Å². The molecule has 1 aliphatic heterocycles. The van der Waals surface area contributed by atoms with Crippen LogP contribution in [0.1, 0.15) is 16.7 Å². The van der Waals surface area contributed by atoms with Gasteiger partial charge in [0.15, 0.2) is 11.5 Å². The van der Waals surface area contributed by atoms with Crippen molar-refractivity contribution in [3.8, 4) is 11.5 Å². The molecular weight excluding hydrogens is 580 g/mol. The molecule has 180 valence electrons. The Hall–Kier alpha value is -2.52. The number of methoxy groups -OCH3 is 1. The van der Waals surface area contributed by atoms with Crippen molar-refractivity contribution in [1.82, 2.24) is 4.90 Å². The van der Waals surface area contributed by atoms with Crippen LogP contribution in [-0.2, 0) is 17.9 Å². The second-order valence-corrected chi connectivity index (χ2v) is 10.1. The second-order valence-electron chi connectivity index (χ2n) is 7.42. The van der Waals surface area contributed by atoms with Crippen molar-refractivity contribution >= 4 is 68.1 Å². The van der Waals surface area contributed by atoms with E-state index in [4.69, 9.17) is 32.7 Å². The Bertz CT molecular complexity index is 1350. The van der Waals surface area contributed by atoms with E-state index in [1.165, 1.54) is 13.2 Å². The molecule has 2 amide bonds. The van der Waals surface area contributed by atoms with E-state index in [0.29, 0.717) is 31.6 Å². The Morgan fingerprint density at radius 2 is 1.86 bits per heavy atom. The normalized spacial score (nSPS) is 14.7. The highest BCUT2D eigenvalue weighted by Gasteiger charge is 2.35. The van der Waals surface area contributed by atoms with Crippen molar-refractivity contribution in [2.24, 2.45) is 0 Å². The highest BCUT2D eigenvalue weighted by molar-refractivity contribution is 9.10. The van der Waals surface area contributed by atoms with Gasteiger partial charge in [-0.2, -0.15) is 0 Å². The van der Waals surface area contributed by atoms with Crippen molar-refractivity contribution in [2.75, 3.05) is 7.11 Å². The van der Waals surface area contributed by atoms with Crippen molar-refractivity contribution in [1.29, 1.82) is 0 Å². The lowest BCUT2D eigenvalue weighted by atomic mass is 10.1. The number of hydrogen-bond donors (Lipinski definition) is 0. The number of amides is 2. The van der Waals surface area contributed by atoms with E-state index in [1.807, 2.05) is 0 Å². The summed E-state index contributed by atoms with van der Waals surface area (Å²) in [6.45, 7) is 0.0426. The first-order valence-electron chi connectivity index (χ1n) is 10.2. The molecule has 0 unspecified atom stereocenters. The fourth-order valence-electron chi connectivity index (χ4n) is 3.34. The number of imide groups is 1. The Morgan fingerprint density at radius 1 is 1.09 bits per heavy atom. The lowest BCUT2D eigenvalue weighted by Crippen LogP contribution is -2.27. The highest BCUT2D eigenvalue weighted by atomic mass is 79.9. The predicted octanol–water partition coefficient (Wildman–Crippen LogP) is 7.72. The van der Waals surface area contributed by atoms with Gasteiger partial charge in [-0.1, -0.05) is 47.5 Å². The predicted molar refractivity (Wildman–Crippen MR) is 139 cm³/mol. The third kappa shape index (κ3) is 5.83. The number of ether oxygens (including phenoxy) is 2. The molecule has 0 radical (unpaired) electrons. The molecule has 1 fully saturated rings. The van der Waals surface area contributed by atoms with Gasteiger partial charge in [-0.3, -0.25) is 14.5 Å². The van der Waals surface area contributed by atoms with Gasteiger partial charge in [-0.25, -0.2) is 4.39 Å². The Morgan fingerprint density at radius 3 is 2.57 bits per heavy atom. The van der Waals surface area contributed by atoms with Crippen LogP contribution >= 0.6 is 50.9 Å². The molecule has 0 bridgehead atoms. The molecule has 1 heterocycles. The summed E-state index contributed by atoms with van der Waals surface area (Å²) in [5.74, 6) is -0.0969. The molecule has 3 aromatic rings. The lowest BCUT2D eigenvalue weighted by molar-refractivity contribution is -0.123. The largest absolute Gasteiger partial charge is 0.493 e. The standard InChI is InChI=1S/C25H17BrCl2FNO4S/c1-33-21-9-14(8-18(26)23(21)34-13-16-6-7-17(27)11-19(16)28)10-22-24(31)30(25(32)35-22)12-15-4-2-3-5-20(15)29/h2-11H,12-13H2,1H3/b22-10-. The third-order valence-electron chi connectivity index (χ3n) is 5.10. The van der Waals surface area contributed by atoms with Crippen molar-refractivity contribution in [2.45, 2.75) is 13.2 Å². The summed E-state index contributed by atoms with van der Waals surface area (Å²) in [6, 6.07) is 14.6. The van der Waals surface area contributed by atoms with Gasteiger partial charge >= 0.3 is 0 Å². The van der Waals surface area contributed by atoms with Gasteiger partial charge in [-0.05, 0) is 69.7 Å². The number of nitrogens with zero attached hydrogens (tertiary/aromatic N) is 1. The van der Waals surface area contributed by atoms with Gasteiger partial charge < -0.3 is 9.47 Å². The number of carbonyl (C=O) groups excluding carboxylic acids is 2. The zero-order valence-electron chi connectivity index (χ0n) is 18.2. The maximum Gasteiger partial charge on any atom is 0.293 e. The van der Waals surface area contributed by atoms with Gasteiger partial charge in [0.25, 0.3) is 11.1 Å². The number of thioether (sulfide) groups is 1. The van der Waals surface area contributed by atoms with E-state index in [-0.39, 0.29) is 23.6 Å². The molecule has 0 N–H and O–H groups in total. The fourth-order valence-corrected chi connectivity index (χ4v) is 5.21. The average Bonchev–Trinajstić information content (AvgIpc) is 3.07. The van der Waals surface area contributed by atoms with Crippen LogP contribution in [0.4, 0.5) is 9.18 Å². The summed E-state index contributed by atoms with van der Waals surface area (Å²) in [5.41, 5.74) is 1.63. The molecular formula is C25H17BrCl2FNO4S. The molecule has 4 rings (SSSR count). The Balaban J connectivity index is 1.54. The van der Waals surface area contributed by atoms with Crippen molar-refractivity contribution in [3.63, 3.8) is 0 Å². The molecule has 5 nitrogen and oxygen atoms in total. The summed E-state index contributed by atoms with van der Waals surface area (Å²) in [4.78, 5) is 26.6. The molecule has 0 aromatic heterocycles. The van der Waals surface area contributed by atoms with Crippen LogP contribution in [0.15, 0.2) is 64.0 Å². The third-order valence-corrected chi connectivity index (χ3v) is 7.18. The number of halogens is 4. The molecule has 0 aliphatic carbocycles. The summed E-state index contributed by atoms with van der Waals surface area (Å²) >= 11 is 16.5. The second kappa shape index (κ2) is 11.0. The van der Waals surface area contributed by atoms with Gasteiger partial charge in [0.2, 0.25) is 0 Å². The molecule has 0 spiro atoms. The first kappa shape index (κ1) is 25.6. The van der Waals surface area contributed by atoms with Crippen molar-refractivity contribution < 1.29 is 23.5 Å². The first-order chi connectivity index (χ1) is 16.8. The van der Waals surface area contributed by atoms with E-state index in [0.717, 1.165) is 22.2 Å². The highest BCUT2D eigenvalue weighted by Crippen LogP contribution is 2.40. The van der Waals surface area contributed by atoms with Crippen LogP contribution in [0.2, 0.25) is 10.0 Å². The maximum atomic E-state index is 14.0. The van der Waals surface area contributed by atoms with Crippen molar-refractivity contribution in [3.05, 3.63) is 96.5 Å². The molecule has 1 aliphatic rings. The Kier molecular flexibility index (Phi) is 8.06. The van der Waals surface area contributed by atoms with Gasteiger partial charge in [-0.15, -0.1) is 0 Å². The minimum Gasteiger partial charge on any atom is -0.493 e. The quantitative estimate of drug-likeness (QED) is 0.261. The zero-order valence-corrected chi connectivity index (χ0v) is 22.1. The monoisotopic (exact) mass is 595 g/mol. The number of carbonyl (C=O) groups is 2. The Labute approximate surface area is 223 Å². The summed E-state index contributed by atoms with van der Waals surface area (Å²) in [7, 11) is 1.50. The van der Waals surface area contributed by atoms with E-state index >= 15 is 0 Å². The molecule has 0 saturated carbocycles. The number of benzene rings is 3. The number of hydrogen-bond acceptors (Lipinski definition) is 5. The number of rotatable bonds is 7. The van der Waals surface area contributed by atoms with E-state index < -0.39 is 17.0 Å². The lowest BCUT2D eigenvalue weighted by Gasteiger charge is -2.14. The maximum absolute atomic E-state index is 14.0.